The van der Waals surface area contributed by atoms with Crippen LogP contribution < -0.4 is 59.1 Å². The zero-order chi connectivity index (χ0) is 12.6. The molecular formula is C7H10Na2O7S2. The van der Waals surface area contributed by atoms with Gasteiger partial charge in [-0.05, 0) is 17.7 Å². The molecule has 0 bridgehead atoms. The molecule has 0 unspecified atom stereocenters. The van der Waals surface area contributed by atoms with Gasteiger partial charge in [-0.3, -0.25) is 9.11 Å². The second kappa shape index (κ2) is 7.70. The fraction of sp³-hybridized carbons (Fsp3) is 0.143. The minimum atomic E-state index is -4.66. The predicted octanol–water partition coefficient (Wildman–Crippen LogP) is -6.09. The normalized spacial score (nSPS) is 11.3. The predicted molar refractivity (Wildman–Crippen MR) is 54.2 cm³/mol. The van der Waals surface area contributed by atoms with Crippen LogP contribution in [0.3, 0.4) is 0 Å². The van der Waals surface area contributed by atoms with Crippen LogP contribution in [-0.2, 0) is 26.8 Å². The first kappa shape index (κ1) is 21.3. The Morgan fingerprint density at radius 1 is 1.00 bits per heavy atom. The molecule has 0 aliphatic rings. The number of aliphatic hydroxyl groups excluding tert-OH is 1. The molecule has 11 heteroatoms. The standard InChI is InChI=1S/C7H8O7S2.2Na.2H/c8-4-5-1-2-6(15(9,10)11)3-7(5)16(12,13)14;;;;/h1-3,8H,4H2,(H,9,10,11)(H,12,13,14);;;;/q;2*+1;2*-1. The quantitative estimate of drug-likeness (QED) is 0.374. The average Bonchev–Trinajstić information content (AvgIpc) is 2.14. The van der Waals surface area contributed by atoms with E-state index in [1.54, 1.807) is 0 Å². The summed E-state index contributed by atoms with van der Waals surface area (Å²) in [4.78, 5) is -1.44. The second-order valence-electron chi connectivity index (χ2n) is 2.88. The van der Waals surface area contributed by atoms with E-state index < -0.39 is 36.6 Å². The Kier molecular flexibility index (Phi) is 9.11. The van der Waals surface area contributed by atoms with E-state index >= 15 is 0 Å². The van der Waals surface area contributed by atoms with E-state index in [9.17, 15) is 16.8 Å². The van der Waals surface area contributed by atoms with Crippen LogP contribution in [0.1, 0.15) is 8.42 Å². The summed E-state index contributed by atoms with van der Waals surface area (Å²) in [6.07, 6.45) is 0. The summed E-state index contributed by atoms with van der Waals surface area (Å²) in [7, 11) is -9.23. The van der Waals surface area contributed by atoms with Gasteiger partial charge in [-0.2, -0.15) is 16.8 Å². The van der Waals surface area contributed by atoms with E-state index in [-0.39, 0.29) is 67.5 Å². The minimum Gasteiger partial charge on any atom is -1.00 e. The largest absolute Gasteiger partial charge is 1.00 e. The van der Waals surface area contributed by atoms with E-state index in [2.05, 4.69) is 0 Å². The monoisotopic (exact) mass is 316 g/mol. The third-order valence-corrected chi connectivity index (χ3v) is 3.57. The van der Waals surface area contributed by atoms with Gasteiger partial charge in [0, 0.05) is 0 Å². The molecule has 94 valence electrons. The van der Waals surface area contributed by atoms with Gasteiger partial charge in [0.1, 0.15) is 4.90 Å². The summed E-state index contributed by atoms with van der Waals surface area (Å²) in [5, 5.41) is 8.79. The number of benzene rings is 1. The van der Waals surface area contributed by atoms with Crippen molar-refractivity contribution in [3.8, 4) is 0 Å². The Morgan fingerprint density at radius 3 is 1.83 bits per heavy atom. The van der Waals surface area contributed by atoms with Crippen LogP contribution in [0.25, 0.3) is 0 Å². The third kappa shape index (κ3) is 5.55. The van der Waals surface area contributed by atoms with Gasteiger partial charge >= 0.3 is 59.1 Å². The fourth-order valence-corrected chi connectivity index (χ4v) is 2.39. The smallest absolute Gasteiger partial charge is 1.00 e. The molecule has 0 radical (unpaired) electrons. The number of hydrogen-bond acceptors (Lipinski definition) is 5. The third-order valence-electron chi connectivity index (χ3n) is 1.78. The van der Waals surface area contributed by atoms with Crippen molar-refractivity contribution in [2.75, 3.05) is 0 Å². The van der Waals surface area contributed by atoms with E-state index in [0.29, 0.717) is 6.07 Å². The molecule has 1 aromatic carbocycles. The van der Waals surface area contributed by atoms with Gasteiger partial charge in [0.25, 0.3) is 20.2 Å². The summed E-state index contributed by atoms with van der Waals surface area (Å²) in [5.41, 5.74) is -0.171. The van der Waals surface area contributed by atoms with Gasteiger partial charge in [0.2, 0.25) is 0 Å². The van der Waals surface area contributed by atoms with Crippen LogP contribution in [0.15, 0.2) is 28.0 Å². The van der Waals surface area contributed by atoms with Gasteiger partial charge in [-0.25, -0.2) is 0 Å². The molecule has 0 aliphatic carbocycles. The summed E-state index contributed by atoms with van der Waals surface area (Å²) in [6, 6.07) is 2.46. The Bertz CT molecular complexity index is 618. The van der Waals surface area contributed by atoms with E-state index in [0.717, 1.165) is 12.1 Å². The van der Waals surface area contributed by atoms with Crippen molar-refractivity contribution in [1.29, 1.82) is 0 Å². The number of aliphatic hydroxyl groups is 1. The van der Waals surface area contributed by atoms with Crippen molar-refractivity contribution in [3.05, 3.63) is 23.8 Å². The maximum atomic E-state index is 10.9. The molecule has 7 nitrogen and oxygen atoms in total. The summed E-state index contributed by atoms with van der Waals surface area (Å²) in [6.45, 7) is -0.694. The Hall–Kier alpha value is 1.00. The van der Waals surface area contributed by atoms with Gasteiger partial charge < -0.3 is 7.96 Å². The molecule has 0 fully saturated rings. The minimum absolute atomic E-state index is 0. The molecule has 0 heterocycles. The SMILES string of the molecule is O=S(=O)(O)c1ccc(CO)c(S(=O)(=O)O)c1.[H-].[H-].[Na+].[Na+]. The van der Waals surface area contributed by atoms with E-state index in [1.165, 1.54) is 0 Å². The molecule has 1 rings (SSSR count). The molecule has 0 aliphatic heterocycles. The second-order valence-corrected chi connectivity index (χ2v) is 5.69. The van der Waals surface area contributed by atoms with E-state index in [1.807, 2.05) is 0 Å². The molecule has 0 atom stereocenters. The van der Waals surface area contributed by atoms with Crippen LogP contribution >= 0.6 is 0 Å². The van der Waals surface area contributed by atoms with E-state index in [4.69, 9.17) is 14.2 Å². The van der Waals surface area contributed by atoms with Gasteiger partial charge in [0.15, 0.2) is 0 Å². The first-order valence-corrected chi connectivity index (χ1v) is 6.73. The van der Waals surface area contributed by atoms with Crippen molar-refractivity contribution < 1.29 is 93.0 Å². The molecular weight excluding hydrogens is 306 g/mol. The zero-order valence-electron chi connectivity index (χ0n) is 11.7. The molecule has 0 aromatic heterocycles. The summed E-state index contributed by atoms with van der Waals surface area (Å²) < 4.78 is 60.6. The average molecular weight is 316 g/mol. The zero-order valence-corrected chi connectivity index (χ0v) is 15.4. The molecule has 0 saturated heterocycles. The number of rotatable bonds is 3. The van der Waals surface area contributed by atoms with Crippen molar-refractivity contribution in [2.45, 2.75) is 16.4 Å². The maximum absolute atomic E-state index is 10.9. The molecule has 18 heavy (non-hydrogen) atoms. The van der Waals surface area contributed by atoms with Crippen molar-refractivity contribution in [1.82, 2.24) is 0 Å². The van der Waals surface area contributed by atoms with Gasteiger partial charge in [-0.15, -0.1) is 0 Å². The van der Waals surface area contributed by atoms with Crippen molar-refractivity contribution in [2.24, 2.45) is 0 Å². The molecule has 0 amide bonds. The van der Waals surface area contributed by atoms with Crippen LogP contribution in [-0.4, -0.2) is 31.0 Å². The Balaban J connectivity index is -0.000000320. The van der Waals surface area contributed by atoms with Crippen LogP contribution in [0.5, 0.6) is 0 Å². The van der Waals surface area contributed by atoms with Crippen LogP contribution in [0.4, 0.5) is 0 Å². The maximum Gasteiger partial charge on any atom is 1.00 e. The summed E-state index contributed by atoms with van der Waals surface area (Å²) in [5.74, 6) is 0. The summed E-state index contributed by atoms with van der Waals surface area (Å²) >= 11 is 0. The van der Waals surface area contributed by atoms with Gasteiger partial charge in [0.05, 0.1) is 11.5 Å². The number of hydrogen-bond donors (Lipinski definition) is 3. The first-order valence-electron chi connectivity index (χ1n) is 3.85. The Morgan fingerprint density at radius 2 is 1.50 bits per heavy atom. The van der Waals surface area contributed by atoms with Crippen LogP contribution in [0.2, 0.25) is 0 Å². The Labute approximate surface area is 152 Å². The van der Waals surface area contributed by atoms with Gasteiger partial charge in [-0.1, -0.05) is 6.07 Å². The molecule has 0 spiro atoms. The van der Waals surface area contributed by atoms with Crippen molar-refractivity contribution in [3.63, 3.8) is 0 Å². The molecule has 3 N–H and O–H groups in total. The molecule has 1 aromatic rings. The molecule has 0 saturated carbocycles. The van der Waals surface area contributed by atoms with Crippen LogP contribution in [0, 0.1) is 0 Å². The fourth-order valence-electron chi connectivity index (χ4n) is 1.07. The first-order chi connectivity index (χ1) is 7.16. The van der Waals surface area contributed by atoms with Crippen molar-refractivity contribution >= 4 is 20.2 Å². The topological polar surface area (TPSA) is 129 Å².